The molecular formula is C14H29N3O. The fraction of sp³-hybridized carbons (Fsp3) is 0.929. The van der Waals surface area contributed by atoms with E-state index in [1.54, 1.807) is 0 Å². The average Bonchev–Trinajstić information content (AvgIpc) is 2.71. The summed E-state index contributed by atoms with van der Waals surface area (Å²) in [4.78, 5) is 16.3. The number of hydrogen-bond donors (Lipinski definition) is 1. The molecule has 1 aliphatic heterocycles. The van der Waals surface area contributed by atoms with Gasteiger partial charge in [0.2, 0.25) is 5.91 Å². The molecule has 0 bridgehead atoms. The van der Waals surface area contributed by atoms with Gasteiger partial charge in [-0.3, -0.25) is 4.79 Å². The van der Waals surface area contributed by atoms with Crippen LogP contribution in [0.2, 0.25) is 0 Å². The normalized spacial score (nSPS) is 23.9. The second-order valence-electron chi connectivity index (χ2n) is 5.76. The summed E-state index contributed by atoms with van der Waals surface area (Å²) < 4.78 is 0. The lowest BCUT2D eigenvalue weighted by Crippen LogP contribution is -2.35. The zero-order chi connectivity index (χ0) is 13.5. The maximum atomic E-state index is 12.1. The summed E-state index contributed by atoms with van der Waals surface area (Å²) in [5.41, 5.74) is 5.45. The molecule has 1 heterocycles. The number of unbranched alkanes of at least 4 members (excludes halogenated alkanes) is 3. The maximum absolute atomic E-state index is 12.1. The highest BCUT2D eigenvalue weighted by atomic mass is 16.2. The predicted molar refractivity (Wildman–Crippen MR) is 75.4 cm³/mol. The van der Waals surface area contributed by atoms with Gasteiger partial charge in [-0.2, -0.15) is 0 Å². The van der Waals surface area contributed by atoms with Gasteiger partial charge in [-0.05, 0) is 39.4 Å². The van der Waals surface area contributed by atoms with Crippen LogP contribution in [0.1, 0.15) is 39.0 Å². The number of hydrogen-bond acceptors (Lipinski definition) is 3. The van der Waals surface area contributed by atoms with Crippen LogP contribution in [0.5, 0.6) is 0 Å². The van der Waals surface area contributed by atoms with E-state index in [1.165, 1.54) is 0 Å². The van der Waals surface area contributed by atoms with E-state index in [-0.39, 0.29) is 0 Å². The minimum atomic E-state index is 0.332. The topological polar surface area (TPSA) is 49.6 Å². The Bertz CT molecular complexity index is 255. The fourth-order valence-electron chi connectivity index (χ4n) is 2.76. The zero-order valence-corrected chi connectivity index (χ0v) is 12.2. The molecule has 2 atom stereocenters. The van der Waals surface area contributed by atoms with E-state index in [1.807, 2.05) is 4.90 Å². The van der Waals surface area contributed by atoms with E-state index in [4.69, 9.17) is 5.73 Å². The summed E-state index contributed by atoms with van der Waals surface area (Å²) in [7, 11) is 4.20. The first-order chi connectivity index (χ1) is 8.56. The minimum absolute atomic E-state index is 0.332. The fourth-order valence-corrected chi connectivity index (χ4v) is 2.76. The van der Waals surface area contributed by atoms with Crippen LogP contribution in [0.3, 0.4) is 0 Å². The minimum Gasteiger partial charge on any atom is -0.341 e. The first kappa shape index (κ1) is 15.4. The Morgan fingerprint density at radius 3 is 2.44 bits per heavy atom. The number of rotatable bonds is 7. The lowest BCUT2D eigenvalue weighted by atomic mass is 10.1. The number of likely N-dealkylation sites (N-methyl/N-ethyl adjacent to an activating group) is 1. The molecule has 0 aromatic carbocycles. The van der Waals surface area contributed by atoms with Crippen LogP contribution in [0.15, 0.2) is 0 Å². The Morgan fingerprint density at radius 2 is 1.89 bits per heavy atom. The van der Waals surface area contributed by atoms with Crippen LogP contribution in [0, 0.1) is 5.92 Å². The van der Waals surface area contributed by atoms with Crippen molar-refractivity contribution in [3.63, 3.8) is 0 Å². The van der Waals surface area contributed by atoms with Crippen LogP contribution in [-0.2, 0) is 4.79 Å². The van der Waals surface area contributed by atoms with E-state index < -0.39 is 0 Å². The number of amides is 1. The van der Waals surface area contributed by atoms with Crippen molar-refractivity contribution in [2.24, 2.45) is 11.7 Å². The highest BCUT2D eigenvalue weighted by Crippen LogP contribution is 2.21. The molecule has 1 amide bonds. The van der Waals surface area contributed by atoms with Gasteiger partial charge < -0.3 is 15.5 Å². The molecule has 1 saturated heterocycles. The molecule has 1 aliphatic rings. The summed E-state index contributed by atoms with van der Waals surface area (Å²) >= 11 is 0. The lowest BCUT2D eigenvalue weighted by molar-refractivity contribution is -0.130. The highest BCUT2D eigenvalue weighted by Gasteiger charge is 2.32. The average molecular weight is 255 g/mol. The molecule has 0 aromatic heterocycles. The Balaban J connectivity index is 2.23. The van der Waals surface area contributed by atoms with Gasteiger partial charge in [-0.15, -0.1) is 0 Å². The molecular weight excluding hydrogens is 226 g/mol. The summed E-state index contributed by atoms with van der Waals surface area (Å²) in [6.07, 6.45) is 5.08. The Morgan fingerprint density at radius 1 is 1.22 bits per heavy atom. The molecule has 1 fully saturated rings. The summed E-state index contributed by atoms with van der Waals surface area (Å²) in [5, 5.41) is 0. The van der Waals surface area contributed by atoms with Crippen LogP contribution in [-0.4, -0.2) is 55.5 Å². The van der Waals surface area contributed by atoms with Crippen molar-refractivity contribution >= 4 is 5.91 Å². The second kappa shape index (κ2) is 7.74. The molecule has 2 N–H and O–H groups in total. The number of carbonyl (C=O) groups is 1. The first-order valence-corrected chi connectivity index (χ1v) is 7.20. The lowest BCUT2D eigenvalue weighted by Gasteiger charge is -2.22. The van der Waals surface area contributed by atoms with E-state index in [0.717, 1.165) is 45.3 Å². The number of nitrogens with two attached hydrogens (primary N) is 1. The maximum Gasteiger partial charge on any atom is 0.222 e. The predicted octanol–water partition coefficient (Wildman–Crippen LogP) is 1.30. The molecule has 106 valence electrons. The third-order valence-electron chi connectivity index (χ3n) is 3.93. The zero-order valence-electron chi connectivity index (χ0n) is 12.2. The largest absolute Gasteiger partial charge is 0.341 e. The van der Waals surface area contributed by atoms with Crippen LogP contribution in [0.4, 0.5) is 0 Å². The molecule has 1 rings (SSSR count). The van der Waals surface area contributed by atoms with E-state index in [0.29, 0.717) is 24.3 Å². The van der Waals surface area contributed by atoms with Crippen molar-refractivity contribution in [1.82, 2.24) is 9.80 Å². The molecule has 0 radical (unpaired) electrons. The Labute approximate surface area is 111 Å². The molecule has 0 spiro atoms. The van der Waals surface area contributed by atoms with Crippen molar-refractivity contribution in [3.8, 4) is 0 Å². The van der Waals surface area contributed by atoms with Crippen LogP contribution >= 0.6 is 0 Å². The molecule has 0 aliphatic carbocycles. The van der Waals surface area contributed by atoms with Crippen molar-refractivity contribution in [3.05, 3.63) is 0 Å². The van der Waals surface area contributed by atoms with Crippen LogP contribution in [0.25, 0.3) is 0 Å². The van der Waals surface area contributed by atoms with E-state index in [2.05, 4.69) is 25.9 Å². The van der Waals surface area contributed by atoms with Gasteiger partial charge in [0.25, 0.3) is 0 Å². The van der Waals surface area contributed by atoms with Crippen molar-refractivity contribution < 1.29 is 4.79 Å². The van der Waals surface area contributed by atoms with E-state index >= 15 is 0 Å². The van der Waals surface area contributed by atoms with Crippen LogP contribution < -0.4 is 5.73 Å². The van der Waals surface area contributed by atoms with Crippen molar-refractivity contribution in [2.45, 2.75) is 45.1 Å². The summed E-state index contributed by atoms with van der Waals surface area (Å²) in [5.74, 6) is 0.917. The number of nitrogens with zero attached hydrogens (tertiary/aromatic N) is 2. The van der Waals surface area contributed by atoms with Gasteiger partial charge >= 0.3 is 0 Å². The molecule has 2 unspecified atom stereocenters. The van der Waals surface area contributed by atoms with Gasteiger partial charge in [0.05, 0.1) is 0 Å². The van der Waals surface area contributed by atoms with Gasteiger partial charge in [0.15, 0.2) is 0 Å². The monoisotopic (exact) mass is 255 g/mol. The Hall–Kier alpha value is -0.610. The third kappa shape index (κ3) is 4.58. The first-order valence-electron chi connectivity index (χ1n) is 7.20. The van der Waals surface area contributed by atoms with Crippen molar-refractivity contribution in [1.29, 1.82) is 0 Å². The van der Waals surface area contributed by atoms with Gasteiger partial charge in [0, 0.05) is 25.6 Å². The van der Waals surface area contributed by atoms with Crippen molar-refractivity contribution in [2.75, 3.05) is 33.7 Å². The molecule has 0 aromatic rings. The van der Waals surface area contributed by atoms with Gasteiger partial charge in [-0.25, -0.2) is 0 Å². The Kier molecular flexibility index (Phi) is 6.65. The van der Waals surface area contributed by atoms with Gasteiger partial charge in [-0.1, -0.05) is 19.8 Å². The standard InChI is InChI=1S/C14H29N3O/c1-12-10-17(11-13(12)16(2)3)14(18)8-6-4-5-7-9-15/h12-13H,4-11,15H2,1-3H3. The SMILES string of the molecule is CC1CN(C(=O)CCCCCCN)CC1N(C)C. The molecule has 4 heteroatoms. The quantitative estimate of drug-likeness (QED) is 0.698. The molecule has 4 nitrogen and oxygen atoms in total. The third-order valence-corrected chi connectivity index (χ3v) is 3.93. The number of carbonyl (C=O) groups excluding carboxylic acids is 1. The summed E-state index contributed by atoms with van der Waals surface area (Å²) in [6, 6.07) is 0.520. The molecule has 18 heavy (non-hydrogen) atoms. The smallest absolute Gasteiger partial charge is 0.222 e. The van der Waals surface area contributed by atoms with E-state index in [9.17, 15) is 4.79 Å². The van der Waals surface area contributed by atoms with Gasteiger partial charge in [0.1, 0.15) is 0 Å². The summed E-state index contributed by atoms with van der Waals surface area (Å²) in [6.45, 7) is 4.82. The second-order valence-corrected chi connectivity index (χ2v) is 5.76. The number of likely N-dealkylation sites (tertiary alicyclic amines) is 1. The highest BCUT2D eigenvalue weighted by molar-refractivity contribution is 5.76. The molecule has 0 saturated carbocycles.